The molecule has 1 aliphatic heterocycles. The van der Waals surface area contributed by atoms with Crippen LogP contribution in [0, 0.1) is 0 Å². The third-order valence-corrected chi connectivity index (χ3v) is 4.06. The molecule has 0 bridgehead atoms. The fourth-order valence-corrected chi connectivity index (χ4v) is 3.02. The maximum Gasteiger partial charge on any atom is 0.141 e. The summed E-state index contributed by atoms with van der Waals surface area (Å²) in [7, 11) is 2.06. The zero-order valence-corrected chi connectivity index (χ0v) is 11.4. The van der Waals surface area contributed by atoms with E-state index in [9.17, 15) is 0 Å². The van der Waals surface area contributed by atoms with Crippen LogP contribution in [-0.2, 0) is 20.0 Å². The quantitative estimate of drug-likeness (QED) is 0.733. The summed E-state index contributed by atoms with van der Waals surface area (Å²) in [6.45, 7) is 1.99. The van der Waals surface area contributed by atoms with Gasteiger partial charge in [-0.3, -0.25) is 4.98 Å². The highest BCUT2D eigenvalue weighted by Crippen LogP contribution is 2.29. The molecule has 1 N–H and O–H groups in total. The van der Waals surface area contributed by atoms with Crippen LogP contribution < -0.4 is 5.32 Å². The van der Waals surface area contributed by atoms with Gasteiger partial charge in [-0.05, 0) is 30.2 Å². The van der Waals surface area contributed by atoms with Crippen molar-refractivity contribution in [3.63, 3.8) is 0 Å². The molecule has 1 aromatic carbocycles. The van der Waals surface area contributed by atoms with E-state index in [0.29, 0.717) is 0 Å². The number of benzene rings is 1. The summed E-state index contributed by atoms with van der Waals surface area (Å²) in [4.78, 5) is 8.99. The lowest BCUT2D eigenvalue weighted by Crippen LogP contribution is -2.24. The average molecular weight is 264 g/mol. The molecule has 4 rings (SSSR count). The first-order valence-electron chi connectivity index (χ1n) is 6.93. The van der Waals surface area contributed by atoms with Crippen LogP contribution in [-0.4, -0.2) is 21.1 Å². The monoisotopic (exact) mass is 264 g/mol. The van der Waals surface area contributed by atoms with Gasteiger partial charge in [0.25, 0.3) is 0 Å². The van der Waals surface area contributed by atoms with Gasteiger partial charge >= 0.3 is 0 Å². The highest BCUT2D eigenvalue weighted by atomic mass is 15.1. The van der Waals surface area contributed by atoms with E-state index in [4.69, 9.17) is 4.98 Å². The van der Waals surface area contributed by atoms with Crippen LogP contribution in [0.2, 0.25) is 0 Å². The molecule has 0 saturated carbocycles. The summed E-state index contributed by atoms with van der Waals surface area (Å²) in [5, 5.41) is 3.42. The Kier molecular flexibility index (Phi) is 2.57. The number of aromatic nitrogens is 3. The van der Waals surface area contributed by atoms with Gasteiger partial charge in [0.05, 0.1) is 17.2 Å². The number of hydrogen-bond donors (Lipinski definition) is 1. The molecule has 4 nitrogen and oxygen atoms in total. The number of fused-ring (bicyclic) bond motifs is 2. The van der Waals surface area contributed by atoms with Crippen LogP contribution in [0.25, 0.3) is 22.4 Å². The van der Waals surface area contributed by atoms with Crippen molar-refractivity contribution < 1.29 is 0 Å². The van der Waals surface area contributed by atoms with Gasteiger partial charge in [-0.25, -0.2) is 4.98 Å². The standard InChI is InChI=1S/C16H16N4/c1-20-15-10-18-8-6-14(15)19-16(20)13-4-2-3-11-9-17-7-5-12(11)13/h2-4,6,8,10,17H,5,7,9H2,1H3. The van der Waals surface area contributed by atoms with E-state index in [1.165, 1.54) is 16.7 Å². The zero-order chi connectivity index (χ0) is 13.5. The van der Waals surface area contributed by atoms with Crippen LogP contribution in [0.3, 0.4) is 0 Å². The molecule has 20 heavy (non-hydrogen) atoms. The molecule has 0 atom stereocenters. The molecule has 4 heteroatoms. The lowest BCUT2D eigenvalue weighted by molar-refractivity contribution is 0.644. The predicted molar refractivity (Wildman–Crippen MR) is 79.4 cm³/mol. The number of nitrogens with zero attached hydrogens (tertiary/aromatic N) is 3. The number of hydrogen-bond acceptors (Lipinski definition) is 3. The minimum Gasteiger partial charge on any atom is -0.326 e. The van der Waals surface area contributed by atoms with E-state index in [-0.39, 0.29) is 0 Å². The summed E-state index contributed by atoms with van der Waals surface area (Å²) >= 11 is 0. The number of rotatable bonds is 1. The van der Waals surface area contributed by atoms with E-state index in [1.54, 1.807) is 6.20 Å². The van der Waals surface area contributed by atoms with E-state index in [0.717, 1.165) is 36.4 Å². The van der Waals surface area contributed by atoms with Gasteiger partial charge in [-0.1, -0.05) is 18.2 Å². The summed E-state index contributed by atoms with van der Waals surface area (Å²) < 4.78 is 2.14. The van der Waals surface area contributed by atoms with Gasteiger partial charge in [-0.15, -0.1) is 0 Å². The SMILES string of the molecule is Cn1c(-c2cccc3c2CCNC3)nc2ccncc21. The van der Waals surface area contributed by atoms with Crippen molar-refractivity contribution in [2.75, 3.05) is 6.54 Å². The summed E-state index contributed by atoms with van der Waals surface area (Å²) in [6, 6.07) is 8.47. The normalized spacial score (nSPS) is 14.4. The topological polar surface area (TPSA) is 42.7 Å². The molecule has 0 saturated heterocycles. The molecule has 0 radical (unpaired) electrons. The molecule has 3 heterocycles. The summed E-state index contributed by atoms with van der Waals surface area (Å²) in [6.07, 6.45) is 4.74. The Morgan fingerprint density at radius 2 is 2.20 bits per heavy atom. The second-order valence-electron chi connectivity index (χ2n) is 5.23. The Morgan fingerprint density at radius 3 is 3.10 bits per heavy atom. The smallest absolute Gasteiger partial charge is 0.141 e. The van der Waals surface area contributed by atoms with Crippen molar-refractivity contribution in [2.45, 2.75) is 13.0 Å². The van der Waals surface area contributed by atoms with Crippen LogP contribution in [0.1, 0.15) is 11.1 Å². The number of pyridine rings is 1. The lowest BCUT2D eigenvalue weighted by atomic mass is 9.95. The third-order valence-electron chi connectivity index (χ3n) is 4.06. The second-order valence-corrected chi connectivity index (χ2v) is 5.23. The van der Waals surface area contributed by atoms with Crippen molar-refractivity contribution >= 4 is 11.0 Å². The minimum atomic E-state index is 0.953. The second kappa shape index (κ2) is 4.42. The maximum atomic E-state index is 4.79. The van der Waals surface area contributed by atoms with Crippen LogP contribution in [0.5, 0.6) is 0 Å². The molecule has 2 aromatic heterocycles. The Hall–Kier alpha value is -2.20. The zero-order valence-electron chi connectivity index (χ0n) is 11.4. The lowest BCUT2D eigenvalue weighted by Gasteiger charge is -2.20. The van der Waals surface area contributed by atoms with E-state index < -0.39 is 0 Å². The van der Waals surface area contributed by atoms with Gasteiger partial charge in [0.15, 0.2) is 0 Å². The molecule has 0 aliphatic carbocycles. The Morgan fingerprint density at radius 1 is 1.25 bits per heavy atom. The molecular formula is C16H16N4. The van der Waals surface area contributed by atoms with Crippen LogP contribution in [0.15, 0.2) is 36.7 Å². The van der Waals surface area contributed by atoms with Crippen molar-refractivity contribution in [1.82, 2.24) is 19.9 Å². The maximum absolute atomic E-state index is 4.79. The Balaban J connectivity index is 1.98. The Labute approximate surface area is 117 Å². The van der Waals surface area contributed by atoms with Crippen molar-refractivity contribution in [3.05, 3.63) is 47.8 Å². The first kappa shape index (κ1) is 11.6. The van der Waals surface area contributed by atoms with Gasteiger partial charge in [-0.2, -0.15) is 0 Å². The molecule has 0 unspecified atom stereocenters. The molecular weight excluding hydrogens is 248 g/mol. The van der Waals surface area contributed by atoms with E-state index in [2.05, 4.69) is 40.1 Å². The molecule has 100 valence electrons. The van der Waals surface area contributed by atoms with Gasteiger partial charge in [0.1, 0.15) is 5.82 Å². The number of aryl methyl sites for hydroxylation is 1. The minimum absolute atomic E-state index is 0.953. The van der Waals surface area contributed by atoms with E-state index >= 15 is 0 Å². The Bertz CT molecular complexity index is 788. The fraction of sp³-hybridized carbons (Fsp3) is 0.250. The van der Waals surface area contributed by atoms with Crippen molar-refractivity contribution in [2.24, 2.45) is 7.05 Å². The highest BCUT2D eigenvalue weighted by molar-refractivity contribution is 5.80. The van der Waals surface area contributed by atoms with Crippen LogP contribution in [0.4, 0.5) is 0 Å². The predicted octanol–water partition coefficient (Wildman–Crippen LogP) is 2.28. The van der Waals surface area contributed by atoms with Gasteiger partial charge in [0, 0.05) is 25.4 Å². The highest BCUT2D eigenvalue weighted by Gasteiger charge is 2.17. The van der Waals surface area contributed by atoms with Crippen molar-refractivity contribution in [1.29, 1.82) is 0 Å². The fourth-order valence-electron chi connectivity index (χ4n) is 3.02. The van der Waals surface area contributed by atoms with Crippen LogP contribution >= 0.6 is 0 Å². The van der Waals surface area contributed by atoms with Gasteiger partial charge < -0.3 is 9.88 Å². The third kappa shape index (κ3) is 1.65. The van der Waals surface area contributed by atoms with E-state index in [1.807, 2.05) is 12.3 Å². The number of imidazole rings is 1. The molecule has 0 amide bonds. The average Bonchev–Trinajstić information content (AvgIpc) is 2.84. The summed E-state index contributed by atoms with van der Waals surface area (Å²) in [5.74, 6) is 1.03. The van der Waals surface area contributed by atoms with Crippen molar-refractivity contribution in [3.8, 4) is 11.4 Å². The first-order valence-corrected chi connectivity index (χ1v) is 6.93. The van der Waals surface area contributed by atoms with Gasteiger partial charge in [0.2, 0.25) is 0 Å². The summed E-state index contributed by atoms with van der Waals surface area (Å²) in [5.41, 5.74) is 6.15. The largest absolute Gasteiger partial charge is 0.326 e. The number of nitrogens with one attached hydrogen (secondary N) is 1. The first-order chi connectivity index (χ1) is 9.84. The molecule has 3 aromatic rings. The molecule has 0 spiro atoms. The molecule has 1 aliphatic rings. The molecule has 0 fully saturated rings.